The minimum atomic E-state index is 0.910. The molecule has 0 atom stereocenters. The van der Waals surface area contributed by atoms with E-state index in [4.69, 9.17) is 0 Å². The normalized spacial score (nSPS) is 37.0. The van der Waals surface area contributed by atoms with Crippen molar-refractivity contribution in [1.29, 1.82) is 0 Å². The summed E-state index contributed by atoms with van der Waals surface area (Å²) in [5.74, 6) is 5.78. The molecule has 0 aromatic heterocycles. The highest BCUT2D eigenvalue weighted by Gasteiger charge is 2.30. The average Bonchev–Trinajstić information content (AvgIpc) is 2.78. The quantitative estimate of drug-likeness (QED) is 0.416. The molecular weight excluding hydrogens is 336 g/mol. The molecule has 0 heteroatoms. The standard InChI is InChI=1S/C28H46/c1-3-7-23(8-4-1)11-13-25-15-19-27(20-16-25)28-21-17-26(18-22-28)14-12-24-9-5-2-6-10-24/h11-14,23-28H,1-10,15-22H2. The van der Waals surface area contributed by atoms with E-state index in [0.29, 0.717) is 0 Å². The van der Waals surface area contributed by atoms with Crippen molar-refractivity contribution in [3.05, 3.63) is 24.3 Å². The van der Waals surface area contributed by atoms with Crippen molar-refractivity contribution in [2.45, 2.75) is 116 Å². The highest BCUT2D eigenvalue weighted by molar-refractivity contribution is 4.98. The van der Waals surface area contributed by atoms with E-state index in [9.17, 15) is 0 Å². The zero-order valence-corrected chi connectivity index (χ0v) is 18.5. The molecule has 4 rings (SSSR count). The molecule has 0 heterocycles. The molecule has 4 fully saturated rings. The van der Waals surface area contributed by atoms with Crippen molar-refractivity contribution >= 4 is 0 Å². The van der Waals surface area contributed by atoms with Gasteiger partial charge in [0.2, 0.25) is 0 Å². The van der Waals surface area contributed by atoms with Gasteiger partial charge in [-0.2, -0.15) is 0 Å². The average molecular weight is 383 g/mol. The van der Waals surface area contributed by atoms with Crippen LogP contribution in [0.1, 0.15) is 116 Å². The Morgan fingerprint density at radius 3 is 0.893 bits per heavy atom. The predicted octanol–water partition coefficient (Wildman–Crippen LogP) is 8.87. The van der Waals surface area contributed by atoms with Crippen LogP contribution in [-0.2, 0) is 0 Å². The second-order valence-electron chi connectivity index (χ2n) is 10.9. The summed E-state index contributed by atoms with van der Waals surface area (Å²) in [6.45, 7) is 0. The number of hydrogen-bond donors (Lipinski definition) is 0. The fourth-order valence-electron chi connectivity index (χ4n) is 6.90. The van der Waals surface area contributed by atoms with Crippen molar-refractivity contribution in [2.75, 3.05) is 0 Å². The molecule has 0 N–H and O–H groups in total. The van der Waals surface area contributed by atoms with Gasteiger partial charge in [-0.15, -0.1) is 0 Å². The van der Waals surface area contributed by atoms with Crippen LogP contribution in [-0.4, -0.2) is 0 Å². The van der Waals surface area contributed by atoms with E-state index >= 15 is 0 Å². The summed E-state index contributed by atoms with van der Waals surface area (Å²) in [6, 6.07) is 0. The maximum atomic E-state index is 2.64. The van der Waals surface area contributed by atoms with Crippen LogP contribution in [0.5, 0.6) is 0 Å². The lowest BCUT2D eigenvalue weighted by Crippen LogP contribution is -2.25. The van der Waals surface area contributed by atoms with Gasteiger partial charge >= 0.3 is 0 Å². The fourth-order valence-corrected chi connectivity index (χ4v) is 6.90. The molecule has 0 nitrogen and oxygen atoms in total. The van der Waals surface area contributed by atoms with E-state index in [2.05, 4.69) is 24.3 Å². The topological polar surface area (TPSA) is 0 Å². The summed E-state index contributed by atoms with van der Waals surface area (Å²) in [4.78, 5) is 0. The number of hydrogen-bond acceptors (Lipinski definition) is 0. The molecule has 4 aliphatic rings. The van der Waals surface area contributed by atoms with Gasteiger partial charge in [-0.25, -0.2) is 0 Å². The van der Waals surface area contributed by atoms with E-state index in [-0.39, 0.29) is 0 Å². The summed E-state index contributed by atoms with van der Waals surface area (Å²) in [5.41, 5.74) is 0. The Morgan fingerprint density at radius 2 is 0.571 bits per heavy atom. The molecule has 158 valence electrons. The zero-order valence-electron chi connectivity index (χ0n) is 18.5. The highest BCUT2D eigenvalue weighted by atomic mass is 14.3. The first-order chi connectivity index (χ1) is 13.9. The van der Waals surface area contributed by atoms with Gasteiger partial charge in [-0.05, 0) is 113 Å². The first-order valence-electron chi connectivity index (χ1n) is 13.2. The van der Waals surface area contributed by atoms with Crippen LogP contribution in [0.2, 0.25) is 0 Å². The van der Waals surface area contributed by atoms with Crippen molar-refractivity contribution in [2.24, 2.45) is 35.5 Å². The Kier molecular flexibility index (Phi) is 8.17. The largest absolute Gasteiger partial charge is 0.0851 e. The molecule has 0 amide bonds. The molecular formula is C28H46. The molecule has 4 aliphatic carbocycles. The SMILES string of the molecule is C(=CC1CCC(C2CCC(C=CC3CCCCC3)CC2)CC1)C1CCCCC1. The van der Waals surface area contributed by atoms with Crippen LogP contribution in [0, 0.1) is 35.5 Å². The highest BCUT2D eigenvalue weighted by Crippen LogP contribution is 2.42. The van der Waals surface area contributed by atoms with Crippen LogP contribution in [0.4, 0.5) is 0 Å². The summed E-state index contributed by atoms with van der Waals surface area (Å²) in [6.07, 6.45) is 37.2. The lowest BCUT2D eigenvalue weighted by molar-refractivity contribution is 0.166. The molecule has 0 aliphatic heterocycles. The smallest absolute Gasteiger partial charge is 0.0233 e. The molecule has 0 aromatic rings. The van der Waals surface area contributed by atoms with Crippen molar-refractivity contribution in [3.8, 4) is 0 Å². The van der Waals surface area contributed by atoms with Crippen LogP contribution >= 0.6 is 0 Å². The van der Waals surface area contributed by atoms with Crippen LogP contribution in [0.15, 0.2) is 24.3 Å². The van der Waals surface area contributed by atoms with E-state index in [0.717, 1.165) is 35.5 Å². The zero-order chi connectivity index (χ0) is 19.0. The number of rotatable bonds is 5. The molecule has 0 aromatic carbocycles. The van der Waals surface area contributed by atoms with E-state index < -0.39 is 0 Å². The van der Waals surface area contributed by atoms with Crippen LogP contribution < -0.4 is 0 Å². The first-order valence-corrected chi connectivity index (χ1v) is 13.2. The maximum Gasteiger partial charge on any atom is -0.0233 e. The molecule has 0 radical (unpaired) electrons. The van der Waals surface area contributed by atoms with Gasteiger partial charge in [0.1, 0.15) is 0 Å². The molecule has 0 spiro atoms. The predicted molar refractivity (Wildman–Crippen MR) is 122 cm³/mol. The third-order valence-corrected chi connectivity index (χ3v) is 8.91. The summed E-state index contributed by atoms with van der Waals surface area (Å²) < 4.78 is 0. The van der Waals surface area contributed by atoms with Crippen molar-refractivity contribution in [1.82, 2.24) is 0 Å². The Labute approximate surface area is 175 Å². The fraction of sp³-hybridized carbons (Fsp3) is 0.857. The molecule has 0 saturated heterocycles. The van der Waals surface area contributed by atoms with Crippen LogP contribution in [0.3, 0.4) is 0 Å². The summed E-state index contributed by atoms with van der Waals surface area (Å²) in [7, 11) is 0. The summed E-state index contributed by atoms with van der Waals surface area (Å²) in [5, 5.41) is 0. The van der Waals surface area contributed by atoms with Gasteiger partial charge in [-0.3, -0.25) is 0 Å². The minimum absolute atomic E-state index is 0.910. The first kappa shape index (κ1) is 20.7. The third-order valence-electron chi connectivity index (χ3n) is 8.91. The lowest BCUT2D eigenvalue weighted by Gasteiger charge is -2.37. The Hall–Kier alpha value is -0.520. The Bertz CT molecular complexity index is 426. The van der Waals surface area contributed by atoms with Gasteiger partial charge in [0.15, 0.2) is 0 Å². The monoisotopic (exact) mass is 382 g/mol. The lowest BCUT2D eigenvalue weighted by atomic mass is 9.69. The van der Waals surface area contributed by atoms with Gasteiger partial charge < -0.3 is 0 Å². The second kappa shape index (κ2) is 11.0. The van der Waals surface area contributed by atoms with Gasteiger partial charge in [0.05, 0.1) is 0 Å². The number of allylic oxidation sites excluding steroid dienone is 4. The van der Waals surface area contributed by atoms with Gasteiger partial charge in [-0.1, -0.05) is 62.8 Å². The second-order valence-corrected chi connectivity index (χ2v) is 10.9. The molecule has 4 saturated carbocycles. The van der Waals surface area contributed by atoms with Crippen molar-refractivity contribution in [3.63, 3.8) is 0 Å². The van der Waals surface area contributed by atoms with E-state index in [1.165, 1.54) is 116 Å². The Balaban J connectivity index is 1.14. The molecule has 0 bridgehead atoms. The van der Waals surface area contributed by atoms with Crippen LogP contribution in [0.25, 0.3) is 0 Å². The van der Waals surface area contributed by atoms with E-state index in [1.54, 1.807) is 0 Å². The maximum absolute atomic E-state index is 2.64. The minimum Gasteiger partial charge on any atom is -0.0851 e. The molecule has 0 unspecified atom stereocenters. The van der Waals surface area contributed by atoms with E-state index in [1.807, 2.05) is 0 Å². The van der Waals surface area contributed by atoms with Gasteiger partial charge in [0, 0.05) is 0 Å². The van der Waals surface area contributed by atoms with Gasteiger partial charge in [0.25, 0.3) is 0 Å². The van der Waals surface area contributed by atoms with Crippen molar-refractivity contribution < 1.29 is 0 Å². The Morgan fingerprint density at radius 1 is 0.286 bits per heavy atom. The summed E-state index contributed by atoms with van der Waals surface area (Å²) >= 11 is 0. The third kappa shape index (κ3) is 6.24. The molecule has 28 heavy (non-hydrogen) atoms.